The summed E-state index contributed by atoms with van der Waals surface area (Å²) in [5, 5.41) is 18.3. The predicted octanol–water partition coefficient (Wildman–Crippen LogP) is 8.11. The number of aromatic nitrogens is 2. The minimum atomic E-state index is 0.522. The number of fused-ring (bicyclic) bond motifs is 3. The van der Waals surface area contributed by atoms with Crippen molar-refractivity contribution in [2.24, 2.45) is 5.92 Å². The Balaban J connectivity index is 1.39. The third kappa shape index (κ3) is 4.58. The van der Waals surface area contributed by atoms with Gasteiger partial charge in [-0.05, 0) is 49.1 Å². The highest BCUT2D eigenvalue weighted by molar-refractivity contribution is 7.11. The number of hydrogen-bond acceptors (Lipinski definition) is 4. The molecule has 0 bridgehead atoms. The van der Waals surface area contributed by atoms with Gasteiger partial charge in [0.15, 0.2) is 0 Å². The van der Waals surface area contributed by atoms with E-state index in [0.29, 0.717) is 16.5 Å². The monoisotopic (exact) mass is 476 g/mol. The van der Waals surface area contributed by atoms with Gasteiger partial charge in [0.05, 0.1) is 5.69 Å². The van der Waals surface area contributed by atoms with E-state index in [1.165, 1.54) is 38.7 Å². The fraction of sp³-hybridized carbons (Fsp3) is 0.200. The minimum Gasteiger partial charge on any atom is -0.360 e. The second-order valence-electron chi connectivity index (χ2n) is 9.14. The van der Waals surface area contributed by atoms with E-state index in [1.54, 1.807) is 6.20 Å². The molecule has 0 atom stereocenters. The zero-order chi connectivity index (χ0) is 24.4. The Morgan fingerprint density at radius 3 is 2.57 bits per heavy atom. The van der Waals surface area contributed by atoms with Crippen molar-refractivity contribution in [3.63, 3.8) is 0 Å². The molecule has 5 heteroatoms. The van der Waals surface area contributed by atoms with Gasteiger partial charge in [0.1, 0.15) is 16.6 Å². The van der Waals surface area contributed by atoms with Crippen LogP contribution in [0.25, 0.3) is 38.6 Å². The molecule has 0 aliphatic rings. The van der Waals surface area contributed by atoms with E-state index in [4.69, 9.17) is 4.98 Å². The van der Waals surface area contributed by atoms with E-state index in [1.807, 2.05) is 5.38 Å². The van der Waals surface area contributed by atoms with Crippen LogP contribution in [-0.2, 0) is 13.0 Å². The quantitative estimate of drug-likeness (QED) is 0.241. The van der Waals surface area contributed by atoms with Crippen LogP contribution < -0.4 is 5.32 Å². The molecule has 0 spiro atoms. The summed E-state index contributed by atoms with van der Waals surface area (Å²) in [5.41, 5.74) is 7.23. The molecule has 174 valence electrons. The van der Waals surface area contributed by atoms with Crippen LogP contribution >= 0.6 is 11.3 Å². The molecule has 2 aromatic heterocycles. The number of nitrogens with one attached hydrogen (secondary N) is 1. The van der Waals surface area contributed by atoms with E-state index in [9.17, 15) is 5.26 Å². The average Bonchev–Trinajstić information content (AvgIpc) is 3.47. The van der Waals surface area contributed by atoms with Crippen molar-refractivity contribution in [2.75, 3.05) is 5.32 Å². The van der Waals surface area contributed by atoms with E-state index in [0.717, 1.165) is 29.9 Å². The zero-order valence-electron chi connectivity index (χ0n) is 20.2. The van der Waals surface area contributed by atoms with E-state index >= 15 is 0 Å². The summed E-state index contributed by atoms with van der Waals surface area (Å²) < 4.78 is 2.33. The van der Waals surface area contributed by atoms with Crippen molar-refractivity contribution in [1.29, 1.82) is 5.26 Å². The molecule has 0 fully saturated rings. The summed E-state index contributed by atoms with van der Waals surface area (Å²) in [6, 6.07) is 25.7. The summed E-state index contributed by atoms with van der Waals surface area (Å²) in [6.07, 6.45) is 2.83. The summed E-state index contributed by atoms with van der Waals surface area (Å²) in [5.74, 6) is 0.633. The topological polar surface area (TPSA) is 53.6 Å². The lowest BCUT2D eigenvalue weighted by Crippen LogP contribution is -1.94. The summed E-state index contributed by atoms with van der Waals surface area (Å²) >= 11 is 1.49. The molecule has 0 saturated carbocycles. The van der Waals surface area contributed by atoms with E-state index in [2.05, 4.69) is 103 Å². The van der Waals surface area contributed by atoms with Crippen molar-refractivity contribution in [3.05, 3.63) is 88.9 Å². The SMILES string of the molecule is CCn1c2ccccc2c2cc(N/C=C(\C#N)c3nc(-c4ccc(CC(C)C)cc4)cs3)ccc21. The molecule has 4 nitrogen and oxygen atoms in total. The highest BCUT2D eigenvalue weighted by atomic mass is 32.1. The van der Waals surface area contributed by atoms with Crippen LogP contribution in [0.2, 0.25) is 0 Å². The number of nitriles is 1. The van der Waals surface area contributed by atoms with E-state index < -0.39 is 0 Å². The molecule has 35 heavy (non-hydrogen) atoms. The fourth-order valence-electron chi connectivity index (χ4n) is 4.59. The smallest absolute Gasteiger partial charge is 0.136 e. The van der Waals surface area contributed by atoms with Crippen LogP contribution in [0.3, 0.4) is 0 Å². The first-order valence-corrected chi connectivity index (χ1v) is 12.9. The van der Waals surface area contributed by atoms with Gasteiger partial charge in [0.2, 0.25) is 0 Å². The fourth-order valence-corrected chi connectivity index (χ4v) is 5.39. The number of anilines is 1. The van der Waals surface area contributed by atoms with Crippen molar-refractivity contribution in [3.8, 4) is 17.3 Å². The number of rotatable bonds is 7. The maximum atomic E-state index is 9.81. The first-order chi connectivity index (χ1) is 17.1. The molecule has 0 saturated heterocycles. The van der Waals surface area contributed by atoms with Crippen molar-refractivity contribution < 1.29 is 0 Å². The van der Waals surface area contributed by atoms with Gasteiger partial charge in [-0.1, -0.05) is 56.3 Å². The zero-order valence-corrected chi connectivity index (χ0v) is 21.1. The van der Waals surface area contributed by atoms with Crippen molar-refractivity contribution >= 4 is 44.4 Å². The van der Waals surface area contributed by atoms with Gasteiger partial charge >= 0.3 is 0 Å². The predicted molar refractivity (Wildman–Crippen MR) is 148 cm³/mol. The molecular formula is C30H28N4S. The first-order valence-electron chi connectivity index (χ1n) is 12.0. The van der Waals surface area contributed by atoms with Gasteiger partial charge in [-0.2, -0.15) is 5.26 Å². The number of hydrogen-bond donors (Lipinski definition) is 1. The number of aryl methyl sites for hydroxylation is 1. The van der Waals surface area contributed by atoms with Gasteiger partial charge in [-0.3, -0.25) is 0 Å². The third-order valence-corrected chi connectivity index (χ3v) is 7.10. The standard InChI is InChI=1S/C30H28N4S/c1-4-34-28-8-6-5-7-25(28)26-16-24(13-14-29(26)34)32-18-23(17-31)30-33-27(19-35-30)22-11-9-21(10-12-22)15-20(2)3/h5-14,16,18-20,32H,4,15H2,1-3H3/b23-18+. The molecule has 3 aromatic carbocycles. The second-order valence-corrected chi connectivity index (χ2v) is 10.00. The number of allylic oxidation sites excluding steroid dienone is 1. The minimum absolute atomic E-state index is 0.522. The molecule has 0 aliphatic carbocycles. The van der Waals surface area contributed by atoms with Crippen LogP contribution in [0.15, 0.2) is 78.3 Å². The number of thiazole rings is 1. The molecular weight excluding hydrogens is 448 g/mol. The summed E-state index contributed by atoms with van der Waals surface area (Å²) in [6.45, 7) is 7.54. The second kappa shape index (κ2) is 9.77. The van der Waals surface area contributed by atoms with Crippen LogP contribution in [-0.4, -0.2) is 9.55 Å². The average molecular weight is 477 g/mol. The molecule has 5 aromatic rings. The van der Waals surface area contributed by atoms with Gasteiger partial charge in [-0.25, -0.2) is 4.98 Å². The van der Waals surface area contributed by atoms with Crippen LogP contribution in [0, 0.1) is 17.2 Å². The third-order valence-electron chi connectivity index (χ3n) is 6.22. The summed E-state index contributed by atoms with van der Waals surface area (Å²) in [7, 11) is 0. The molecule has 5 rings (SSSR count). The Morgan fingerprint density at radius 2 is 1.83 bits per heavy atom. The van der Waals surface area contributed by atoms with Crippen LogP contribution in [0.4, 0.5) is 5.69 Å². The van der Waals surface area contributed by atoms with Gasteiger partial charge in [0.25, 0.3) is 0 Å². The first kappa shape index (κ1) is 22.9. The number of benzene rings is 3. The normalized spacial score (nSPS) is 11.9. The highest BCUT2D eigenvalue weighted by Gasteiger charge is 2.11. The Hall–Kier alpha value is -3.88. The highest BCUT2D eigenvalue weighted by Crippen LogP contribution is 2.31. The van der Waals surface area contributed by atoms with Crippen molar-refractivity contribution in [1.82, 2.24) is 9.55 Å². The maximum absolute atomic E-state index is 9.81. The lowest BCUT2D eigenvalue weighted by atomic mass is 10.0. The van der Waals surface area contributed by atoms with Crippen LogP contribution in [0.1, 0.15) is 31.3 Å². The van der Waals surface area contributed by atoms with E-state index in [-0.39, 0.29) is 0 Å². The van der Waals surface area contributed by atoms with Gasteiger partial charge < -0.3 is 9.88 Å². The lowest BCUT2D eigenvalue weighted by Gasteiger charge is -2.05. The lowest BCUT2D eigenvalue weighted by molar-refractivity contribution is 0.647. The summed E-state index contributed by atoms with van der Waals surface area (Å²) in [4.78, 5) is 4.74. The molecule has 0 unspecified atom stereocenters. The van der Waals surface area contributed by atoms with Crippen molar-refractivity contribution in [2.45, 2.75) is 33.7 Å². The van der Waals surface area contributed by atoms with Crippen LogP contribution in [0.5, 0.6) is 0 Å². The molecule has 0 amide bonds. The number of para-hydroxylation sites is 1. The molecule has 1 N–H and O–H groups in total. The van der Waals surface area contributed by atoms with Gasteiger partial charge in [0, 0.05) is 51.2 Å². The molecule has 2 heterocycles. The Kier molecular flexibility index (Phi) is 6.39. The Bertz CT molecular complexity index is 1560. The largest absolute Gasteiger partial charge is 0.360 e. The Labute approximate surface area is 210 Å². The maximum Gasteiger partial charge on any atom is 0.136 e. The Morgan fingerprint density at radius 1 is 1.06 bits per heavy atom. The number of nitrogens with zero attached hydrogens (tertiary/aromatic N) is 3. The molecule has 0 aliphatic heterocycles. The van der Waals surface area contributed by atoms with Gasteiger partial charge in [-0.15, -0.1) is 11.3 Å². The molecule has 0 radical (unpaired) electrons.